The minimum absolute atomic E-state index is 0.0484. The Bertz CT molecular complexity index is 1210. The normalized spacial score (nSPS) is 27.9. The fraction of sp³-hybridized carbons (Fsp3) is 0.500. The molecule has 1 fully saturated rings. The Kier molecular flexibility index (Phi) is 7.09. The van der Waals surface area contributed by atoms with Crippen molar-refractivity contribution >= 4 is 52.8 Å². The third-order valence-electron chi connectivity index (χ3n) is 3.89. The van der Waals surface area contributed by atoms with Crippen molar-refractivity contribution in [2.24, 2.45) is 0 Å². The molecule has 3 rings (SSSR count). The van der Waals surface area contributed by atoms with E-state index in [1.54, 1.807) is 0 Å². The van der Waals surface area contributed by atoms with Crippen LogP contribution < -0.4 is 5.73 Å². The van der Waals surface area contributed by atoms with Gasteiger partial charge in [0.15, 0.2) is 16.8 Å². The lowest BCUT2D eigenvalue weighted by Gasteiger charge is -2.19. The van der Waals surface area contributed by atoms with Crippen LogP contribution in [0.25, 0.3) is 11.2 Å². The molecule has 1 aliphatic heterocycles. The summed E-state index contributed by atoms with van der Waals surface area (Å²) in [5, 5.41) is 20.5. The molecule has 4 unspecified atom stereocenters. The number of anilines is 1. The van der Waals surface area contributed by atoms with Crippen LogP contribution in [0, 0.1) is 4.64 Å². The smallest absolute Gasteiger partial charge is 0.387 e. The average molecular weight is 539 g/mol. The van der Waals surface area contributed by atoms with E-state index < -0.39 is 54.6 Å². The van der Waals surface area contributed by atoms with Gasteiger partial charge in [0.1, 0.15) is 29.5 Å². The summed E-state index contributed by atoms with van der Waals surface area (Å²) < 4.78 is 52.1. The number of hydrogen-bond acceptors (Lipinski definition) is 13. The zero-order valence-corrected chi connectivity index (χ0v) is 18.8. The van der Waals surface area contributed by atoms with Crippen LogP contribution in [0.4, 0.5) is 5.95 Å². The number of imidazole rings is 1. The summed E-state index contributed by atoms with van der Waals surface area (Å²) in [6.07, 6.45) is -4.88. The Morgan fingerprint density at radius 2 is 1.81 bits per heavy atom. The maximum Gasteiger partial charge on any atom is 0.490 e. The summed E-state index contributed by atoms with van der Waals surface area (Å²) in [6.45, 7) is -0.968. The number of aromatic amines is 1. The SMILES string of the molecule is Nc1nc(=S)c2ncn(C3O[C@H](COP(=O)(O)OP(=O)(O)OP(=O)(O)O)[C@H](O)C3O)c2[nH]1. The van der Waals surface area contributed by atoms with Gasteiger partial charge in [0.25, 0.3) is 0 Å². The van der Waals surface area contributed by atoms with E-state index in [1.165, 1.54) is 10.9 Å². The zero-order chi connectivity index (χ0) is 24.1. The van der Waals surface area contributed by atoms with Crippen molar-refractivity contribution < 1.29 is 61.4 Å². The second-order valence-electron chi connectivity index (χ2n) is 6.21. The quantitative estimate of drug-likeness (QED) is 0.148. The number of aromatic nitrogens is 4. The topological polar surface area (TPSA) is 282 Å². The van der Waals surface area contributed by atoms with Gasteiger partial charge < -0.3 is 45.2 Å². The lowest BCUT2D eigenvalue weighted by atomic mass is 10.1. The molecule has 0 amide bonds. The second kappa shape index (κ2) is 8.90. The van der Waals surface area contributed by atoms with Crippen LogP contribution in [0.2, 0.25) is 0 Å². The number of phosphoric acid groups is 3. The highest BCUT2D eigenvalue weighted by Gasteiger charge is 2.46. The fourth-order valence-corrected chi connectivity index (χ4v) is 5.99. The predicted molar refractivity (Wildman–Crippen MR) is 103 cm³/mol. The number of ether oxygens (including phenoxy) is 1. The lowest BCUT2D eigenvalue weighted by molar-refractivity contribution is -0.0503. The van der Waals surface area contributed by atoms with E-state index in [0.29, 0.717) is 0 Å². The van der Waals surface area contributed by atoms with Crippen LogP contribution in [0.15, 0.2) is 6.33 Å². The van der Waals surface area contributed by atoms with E-state index >= 15 is 0 Å². The zero-order valence-electron chi connectivity index (χ0n) is 15.3. The van der Waals surface area contributed by atoms with Crippen molar-refractivity contribution in [1.29, 1.82) is 0 Å². The molecule has 18 nitrogen and oxygen atoms in total. The van der Waals surface area contributed by atoms with Crippen molar-refractivity contribution in [1.82, 2.24) is 19.5 Å². The van der Waals surface area contributed by atoms with Crippen molar-refractivity contribution in [3.63, 3.8) is 0 Å². The molecule has 0 spiro atoms. The van der Waals surface area contributed by atoms with Crippen LogP contribution in [0.5, 0.6) is 0 Å². The van der Waals surface area contributed by atoms with Crippen molar-refractivity contribution in [2.45, 2.75) is 24.5 Å². The molecular formula is C10H16N5O13P3S. The highest BCUT2D eigenvalue weighted by atomic mass is 32.1. The first-order valence-electron chi connectivity index (χ1n) is 8.11. The maximum atomic E-state index is 11.8. The third kappa shape index (κ3) is 5.85. The highest BCUT2D eigenvalue weighted by Crippen LogP contribution is 2.66. The molecule has 0 radical (unpaired) electrons. The number of aliphatic hydroxyl groups excluding tert-OH is 2. The monoisotopic (exact) mass is 539 g/mol. The number of hydrogen-bond donors (Lipinski definition) is 8. The molecule has 0 aliphatic carbocycles. The van der Waals surface area contributed by atoms with Crippen molar-refractivity contribution in [3.8, 4) is 0 Å². The van der Waals surface area contributed by atoms with Crippen LogP contribution in [0.1, 0.15) is 6.23 Å². The molecule has 3 heterocycles. The number of phosphoric ester groups is 1. The summed E-state index contributed by atoms with van der Waals surface area (Å²) in [5.41, 5.74) is 5.99. The Balaban J connectivity index is 1.72. The Labute approximate surface area is 182 Å². The Morgan fingerprint density at radius 1 is 1.16 bits per heavy atom. The molecular weight excluding hydrogens is 523 g/mol. The molecule has 1 saturated heterocycles. The fourth-order valence-electron chi connectivity index (χ4n) is 2.71. The average Bonchev–Trinajstić information content (AvgIpc) is 3.12. The summed E-state index contributed by atoms with van der Waals surface area (Å²) in [7, 11) is -16.7. The molecule has 2 aromatic rings. The molecule has 22 heteroatoms. The molecule has 6 atom stereocenters. The third-order valence-corrected chi connectivity index (χ3v) is 7.98. The first kappa shape index (κ1) is 25.5. The van der Waals surface area contributed by atoms with Gasteiger partial charge in [-0.2, -0.15) is 8.62 Å². The standard InChI is InChI=1S/C10H16N5O13P3S/c11-10-13-7-4(8(32)14-10)12-2-15(7)9-6(17)5(16)3(26-9)1-25-30(21,22)28-31(23,24)27-29(18,19)20/h2-3,5-6,9,16-17H,1H2,(H,21,22)(H,23,24)(H2,18,19,20)(H3,11,13,14,32)/t3-,5+,6?,9?/m1/s1. The van der Waals surface area contributed by atoms with Crippen molar-refractivity contribution in [2.75, 3.05) is 12.3 Å². The molecule has 0 aromatic carbocycles. The Morgan fingerprint density at radius 3 is 2.44 bits per heavy atom. The van der Waals surface area contributed by atoms with E-state index in [2.05, 4.69) is 28.1 Å². The van der Waals surface area contributed by atoms with Gasteiger partial charge in [-0.15, -0.1) is 0 Å². The van der Waals surface area contributed by atoms with Gasteiger partial charge in [-0.25, -0.2) is 23.7 Å². The first-order valence-corrected chi connectivity index (χ1v) is 13.0. The highest BCUT2D eigenvalue weighted by molar-refractivity contribution is 7.71. The maximum absolute atomic E-state index is 11.8. The minimum Gasteiger partial charge on any atom is -0.387 e. The molecule has 0 saturated carbocycles. The predicted octanol–water partition coefficient (Wildman–Crippen LogP) is -0.966. The lowest BCUT2D eigenvalue weighted by Crippen LogP contribution is -2.33. The van der Waals surface area contributed by atoms with E-state index in [1.807, 2.05) is 0 Å². The van der Waals surface area contributed by atoms with Gasteiger partial charge >= 0.3 is 23.5 Å². The van der Waals surface area contributed by atoms with Crippen molar-refractivity contribution in [3.05, 3.63) is 11.0 Å². The summed E-state index contributed by atoms with van der Waals surface area (Å²) in [4.78, 5) is 46.1. The second-order valence-corrected chi connectivity index (χ2v) is 11.0. The number of fused-ring (bicyclic) bond motifs is 1. The first-order chi connectivity index (χ1) is 14.6. The molecule has 180 valence electrons. The largest absolute Gasteiger partial charge is 0.490 e. The van der Waals surface area contributed by atoms with Gasteiger partial charge in [0, 0.05) is 0 Å². The number of H-pyrrole nitrogens is 1. The molecule has 9 N–H and O–H groups in total. The number of nitrogens with one attached hydrogen (secondary N) is 1. The van der Waals surface area contributed by atoms with Crippen LogP contribution in [-0.4, -0.2) is 74.2 Å². The number of rotatable bonds is 8. The van der Waals surface area contributed by atoms with Crippen LogP contribution in [-0.2, 0) is 31.6 Å². The van der Waals surface area contributed by atoms with Gasteiger partial charge in [-0.05, 0) is 0 Å². The molecule has 1 aliphatic rings. The minimum atomic E-state index is -5.71. The number of nitrogen functional groups attached to an aromatic ring is 1. The number of nitrogens with zero attached hydrogens (tertiary/aromatic N) is 3. The summed E-state index contributed by atoms with van der Waals surface area (Å²) >= 11 is 5.03. The van der Waals surface area contributed by atoms with E-state index in [0.717, 1.165) is 0 Å². The van der Waals surface area contributed by atoms with Gasteiger partial charge in [-0.1, -0.05) is 12.2 Å². The molecule has 2 aromatic heterocycles. The van der Waals surface area contributed by atoms with E-state index in [-0.39, 0.29) is 21.8 Å². The van der Waals surface area contributed by atoms with Gasteiger partial charge in [-0.3, -0.25) is 9.09 Å². The summed E-state index contributed by atoms with van der Waals surface area (Å²) in [6, 6.07) is 0. The van der Waals surface area contributed by atoms with Crippen LogP contribution in [0.3, 0.4) is 0 Å². The molecule has 32 heavy (non-hydrogen) atoms. The van der Waals surface area contributed by atoms with E-state index in [4.69, 9.17) is 37.4 Å². The summed E-state index contributed by atoms with van der Waals surface area (Å²) in [5.74, 6) is -0.0681. The van der Waals surface area contributed by atoms with E-state index in [9.17, 15) is 28.8 Å². The van der Waals surface area contributed by atoms with Gasteiger partial charge in [0.2, 0.25) is 0 Å². The molecule has 0 bridgehead atoms. The number of nitrogens with two attached hydrogens (primary N) is 1. The number of aliphatic hydroxyl groups is 2. The van der Waals surface area contributed by atoms with Gasteiger partial charge in [0.05, 0.1) is 12.9 Å². The van der Waals surface area contributed by atoms with Crippen LogP contribution >= 0.6 is 35.7 Å². The Hall–Kier alpha value is -1.14.